The highest BCUT2D eigenvalue weighted by Gasteiger charge is 2.40. The number of fused-ring (bicyclic) bond motifs is 4. The summed E-state index contributed by atoms with van der Waals surface area (Å²) in [7, 11) is 0. The molecule has 0 aliphatic carbocycles. The van der Waals surface area contributed by atoms with Crippen LogP contribution in [-0.4, -0.2) is 93.0 Å². The first-order valence-corrected chi connectivity index (χ1v) is 24.2. The van der Waals surface area contributed by atoms with Crippen molar-refractivity contribution in [2.75, 3.05) is 26.2 Å². The van der Waals surface area contributed by atoms with Gasteiger partial charge in [-0.05, 0) is 132 Å². The summed E-state index contributed by atoms with van der Waals surface area (Å²) in [6, 6.07) is 29.1. The summed E-state index contributed by atoms with van der Waals surface area (Å²) in [5.74, 6) is -3.09. The number of unbranched alkanes of at least 4 members (excludes halogenated alkanes) is 1. The topological polar surface area (TPSA) is 150 Å². The summed E-state index contributed by atoms with van der Waals surface area (Å²) in [4.78, 5) is 118. The Balaban J connectivity index is 0.780. The first-order valence-electron chi connectivity index (χ1n) is 24.2. The van der Waals surface area contributed by atoms with E-state index < -0.39 is 23.6 Å². The van der Waals surface area contributed by atoms with Crippen LogP contribution in [0.2, 0.25) is 0 Å². The van der Waals surface area contributed by atoms with Gasteiger partial charge < -0.3 is 0 Å². The molecular weight excluding hydrogens is 893 g/mol. The first-order chi connectivity index (χ1) is 34.4. The molecule has 10 aromatic rings. The van der Waals surface area contributed by atoms with Crippen molar-refractivity contribution in [3.8, 4) is 0 Å². The van der Waals surface area contributed by atoms with Gasteiger partial charge in [-0.15, -0.1) is 0 Å². The van der Waals surface area contributed by atoms with Crippen molar-refractivity contribution in [1.29, 1.82) is 0 Å². The molecule has 10 aromatic carbocycles. The number of hydrogen-bond acceptors (Lipinski definition) is 8. The molecule has 71 heavy (non-hydrogen) atoms. The third-order valence-electron chi connectivity index (χ3n) is 15.7. The van der Waals surface area contributed by atoms with Gasteiger partial charge in [0.25, 0.3) is 47.3 Å². The number of benzene rings is 10. The lowest BCUT2D eigenvalue weighted by molar-refractivity contribution is 0.0563. The smallest absolute Gasteiger partial charge is 0.261 e. The van der Waals surface area contributed by atoms with Crippen LogP contribution in [0.15, 0.2) is 97.1 Å². The fourth-order valence-electron chi connectivity index (χ4n) is 12.6. The Hall–Kier alpha value is -8.64. The lowest BCUT2D eigenvalue weighted by Gasteiger charge is -2.31. The third kappa shape index (κ3) is 5.13. The van der Waals surface area contributed by atoms with E-state index in [2.05, 4.69) is 0 Å². The maximum absolute atomic E-state index is 14.4. The highest BCUT2D eigenvalue weighted by atomic mass is 16.2. The molecule has 344 valence electrons. The number of amides is 8. The number of imide groups is 4. The van der Waals surface area contributed by atoms with Crippen LogP contribution in [0.1, 0.15) is 123 Å². The normalized spacial score (nSPS) is 15.9. The van der Waals surface area contributed by atoms with Gasteiger partial charge in [0.1, 0.15) is 0 Å². The monoisotopic (exact) mass is 932 g/mol. The summed E-state index contributed by atoms with van der Waals surface area (Å²) >= 11 is 0. The van der Waals surface area contributed by atoms with Gasteiger partial charge in [0.15, 0.2) is 0 Å². The number of nitrogens with zero attached hydrogens (tertiary/aromatic N) is 4. The highest BCUT2D eigenvalue weighted by molar-refractivity contribution is 6.43. The molecule has 12 heteroatoms. The van der Waals surface area contributed by atoms with Gasteiger partial charge in [-0.25, -0.2) is 0 Å². The van der Waals surface area contributed by atoms with Gasteiger partial charge in [0, 0.05) is 92.2 Å². The molecule has 0 saturated carbocycles. The maximum atomic E-state index is 14.4. The van der Waals surface area contributed by atoms with Crippen LogP contribution in [0.5, 0.6) is 0 Å². The minimum atomic E-state index is -0.479. The Bertz CT molecular complexity index is 4040. The summed E-state index contributed by atoms with van der Waals surface area (Å²) in [5.41, 5.74) is 3.32. The molecule has 0 spiro atoms. The van der Waals surface area contributed by atoms with E-state index >= 15 is 0 Å². The predicted molar refractivity (Wildman–Crippen MR) is 271 cm³/mol. The molecule has 0 saturated heterocycles. The standard InChI is InChI=1S/C59H40N4O8/c1-4-5-23-60-52(64)36-15-7-28-30-9-17-38-49-39(18-10-31(45(30)49)29-8-16-37(53(60)65)48(36)44(28)29)55(67)61(54(38)66)24-6-25-62-56(68)40-19-11-32-34-13-21-42-51-43(59(71)63(58(42)70)26-27(2)3)22-14-35(47(34)51)33-12-20-41(57(62)69)50(40)46(32)33/h7-22,27H,4-6,23-26H2,1-3H3. The molecule has 12 nitrogen and oxygen atoms in total. The van der Waals surface area contributed by atoms with Crippen molar-refractivity contribution in [2.24, 2.45) is 5.92 Å². The molecule has 0 aromatic heterocycles. The van der Waals surface area contributed by atoms with Crippen LogP contribution in [0.25, 0.3) is 86.2 Å². The highest BCUT2D eigenvalue weighted by Crippen LogP contribution is 2.48. The summed E-state index contributed by atoms with van der Waals surface area (Å²) in [6.45, 7) is 6.51. The van der Waals surface area contributed by atoms with Gasteiger partial charge in [0.2, 0.25) is 0 Å². The van der Waals surface area contributed by atoms with Gasteiger partial charge in [-0.2, -0.15) is 0 Å². The Kier molecular flexibility index (Phi) is 8.28. The average molecular weight is 933 g/mol. The fraction of sp³-hybridized carbons (Fsp3) is 0.186. The third-order valence-corrected chi connectivity index (χ3v) is 15.7. The van der Waals surface area contributed by atoms with Crippen LogP contribution < -0.4 is 0 Å². The second-order valence-electron chi connectivity index (χ2n) is 19.9. The number of rotatable bonds is 9. The summed E-state index contributed by atoms with van der Waals surface area (Å²) in [5, 5.41) is 11.8. The van der Waals surface area contributed by atoms with Crippen LogP contribution >= 0.6 is 0 Å². The van der Waals surface area contributed by atoms with Crippen molar-refractivity contribution in [3.05, 3.63) is 142 Å². The van der Waals surface area contributed by atoms with E-state index in [9.17, 15) is 38.4 Å². The minimum Gasteiger partial charge on any atom is -0.274 e. The van der Waals surface area contributed by atoms with E-state index in [1.807, 2.05) is 69.3 Å². The van der Waals surface area contributed by atoms with Gasteiger partial charge in [-0.3, -0.25) is 58.0 Å². The van der Waals surface area contributed by atoms with Crippen LogP contribution in [0, 0.1) is 5.92 Å². The zero-order valence-electron chi connectivity index (χ0n) is 38.8. The predicted octanol–water partition coefficient (Wildman–Crippen LogP) is 10.7. The Morgan fingerprint density at radius 3 is 0.718 bits per heavy atom. The van der Waals surface area contributed by atoms with Crippen molar-refractivity contribution in [3.63, 3.8) is 0 Å². The molecular formula is C59H40N4O8. The Morgan fingerprint density at radius 2 is 0.507 bits per heavy atom. The SMILES string of the molecule is CCCCN1C(=O)c2ccc3c4ccc5c6c(ccc(c7ccc(c2c37)C1=O)c64)C(=O)N(CCCN1C(=O)c2ccc3c4ccc6c7c(ccc(c8ccc(c2c38)C1=O)c74)C(=O)N(CC(C)C)C6=O)C5=O. The van der Waals surface area contributed by atoms with Gasteiger partial charge in [0.05, 0.1) is 0 Å². The molecule has 0 atom stereocenters. The Morgan fingerprint density at radius 1 is 0.296 bits per heavy atom. The van der Waals surface area contributed by atoms with Crippen molar-refractivity contribution in [2.45, 2.75) is 40.0 Å². The lowest BCUT2D eigenvalue weighted by Crippen LogP contribution is -2.44. The molecule has 8 amide bonds. The largest absolute Gasteiger partial charge is 0.274 e. The average Bonchev–Trinajstić information content (AvgIpc) is 3.37. The molecule has 4 aliphatic heterocycles. The van der Waals surface area contributed by atoms with Crippen LogP contribution in [0.4, 0.5) is 0 Å². The summed E-state index contributed by atoms with van der Waals surface area (Å²) < 4.78 is 0. The van der Waals surface area contributed by atoms with E-state index in [0.29, 0.717) is 85.6 Å². The molecule has 0 N–H and O–H groups in total. The van der Waals surface area contributed by atoms with Crippen molar-refractivity contribution in [1.82, 2.24) is 19.6 Å². The fourth-order valence-corrected chi connectivity index (χ4v) is 12.6. The lowest BCUT2D eigenvalue weighted by atomic mass is 9.82. The molecule has 4 heterocycles. The van der Waals surface area contributed by atoms with E-state index in [0.717, 1.165) is 71.1 Å². The molecule has 14 rings (SSSR count). The van der Waals surface area contributed by atoms with E-state index in [1.54, 1.807) is 48.5 Å². The van der Waals surface area contributed by atoms with E-state index in [-0.39, 0.29) is 49.1 Å². The number of carbonyl (C=O) groups excluding carboxylic acids is 8. The van der Waals surface area contributed by atoms with Gasteiger partial charge in [-0.1, -0.05) is 75.7 Å². The van der Waals surface area contributed by atoms with E-state index in [4.69, 9.17) is 0 Å². The number of hydrogen-bond donors (Lipinski definition) is 0. The van der Waals surface area contributed by atoms with Crippen molar-refractivity contribution < 1.29 is 38.4 Å². The first kappa shape index (κ1) is 41.3. The summed E-state index contributed by atoms with van der Waals surface area (Å²) in [6.07, 6.45) is 1.69. The van der Waals surface area contributed by atoms with Crippen LogP contribution in [0.3, 0.4) is 0 Å². The van der Waals surface area contributed by atoms with Crippen LogP contribution in [-0.2, 0) is 0 Å². The quantitative estimate of drug-likeness (QED) is 0.0789. The van der Waals surface area contributed by atoms with Gasteiger partial charge >= 0.3 is 0 Å². The minimum absolute atomic E-state index is 0.0463. The zero-order chi connectivity index (χ0) is 48.6. The Labute approximate surface area is 403 Å². The molecule has 0 bridgehead atoms. The second kappa shape index (κ2) is 14.2. The molecule has 0 radical (unpaired) electrons. The second-order valence-corrected chi connectivity index (χ2v) is 19.9. The zero-order valence-corrected chi connectivity index (χ0v) is 38.8. The molecule has 4 aliphatic rings. The molecule has 0 unspecified atom stereocenters. The maximum Gasteiger partial charge on any atom is 0.261 e. The molecule has 0 fully saturated rings. The van der Waals surface area contributed by atoms with E-state index in [1.165, 1.54) is 19.6 Å². The van der Waals surface area contributed by atoms with Crippen molar-refractivity contribution >= 4 is 133 Å². The number of carbonyl (C=O) groups is 8.